The quantitative estimate of drug-likeness (QED) is 0.829. The van der Waals surface area contributed by atoms with E-state index in [0.29, 0.717) is 19.0 Å². The van der Waals surface area contributed by atoms with Gasteiger partial charge in [0.05, 0.1) is 12.2 Å². The van der Waals surface area contributed by atoms with Crippen LogP contribution >= 0.6 is 0 Å². The van der Waals surface area contributed by atoms with Gasteiger partial charge in [0.2, 0.25) is 5.91 Å². The SMILES string of the molecule is CC(C)C(=O)N1CCC(CNC(=O)N(C)Cc2n[nH]c3c2CCCC3)CC1. The van der Waals surface area contributed by atoms with Crippen LogP contribution in [0.2, 0.25) is 0 Å². The molecule has 7 heteroatoms. The monoisotopic (exact) mass is 375 g/mol. The molecule has 0 unspecified atom stereocenters. The molecule has 1 fully saturated rings. The molecule has 0 radical (unpaired) electrons. The Kier molecular flexibility index (Phi) is 6.39. The number of carbonyl (C=O) groups is 2. The number of aromatic amines is 1. The minimum absolute atomic E-state index is 0.0526. The zero-order valence-electron chi connectivity index (χ0n) is 16.9. The standard InChI is InChI=1S/C20H33N5O2/c1-14(2)19(26)25-10-8-15(9-11-25)12-21-20(27)24(3)13-18-16-6-4-5-7-17(16)22-23-18/h14-15H,4-13H2,1-3H3,(H,21,27)(H,22,23). The second-order valence-electron chi connectivity index (χ2n) is 8.30. The summed E-state index contributed by atoms with van der Waals surface area (Å²) < 4.78 is 0. The van der Waals surface area contributed by atoms with E-state index in [1.54, 1.807) is 4.90 Å². The van der Waals surface area contributed by atoms with Gasteiger partial charge in [0, 0.05) is 38.3 Å². The highest BCUT2D eigenvalue weighted by Crippen LogP contribution is 2.23. The summed E-state index contributed by atoms with van der Waals surface area (Å²) in [6.07, 6.45) is 6.45. The largest absolute Gasteiger partial charge is 0.342 e. The number of aromatic nitrogens is 2. The molecular weight excluding hydrogens is 342 g/mol. The Morgan fingerprint density at radius 1 is 1.26 bits per heavy atom. The number of carbonyl (C=O) groups excluding carboxylic acids is 2. The number of piperidine rings is 1. The number of urea groups is 1. The average Bonchev–Trinajstić information content (AvgIpc) is 3.08. The van der Waals surface area contributed by atoms with E-state index < -0.39 is 0 Å². The second-order valence-corrected chi connectivity index (χ2v) is 8.30. The Morgan fingerprint density at radius 2 is 1.96 bits per heavy atom. The van der Waals surface area contributed by atoms with Crippen molar-refractivity contribution in [3.05, 3.63) is 17.0 Å². The van der Waals surface area contributed by atoms with Gasteiger partial charge in [-0.25, -0.2) is 4.79 Å². The van der Waals surface area contributed by atoms with Gasteiger partial charge in [0.1, 0.15) is 0 Å². The lowest BCUT2D eigenvalue weighted by molar-refractivity contribution is -0.135. The van der Waals surface area contributed by atoms with Gasteiger partial charge < -0.3 is 15.1 Å². The first-order valence-corrected chi connectivity index (χ1v) is 10.3. The van der Waals surface area contributed by atoms with Crippen molar-refractivity contribution in [1.82, 2.24) is 25.3 Å². The minimum Gasteiger partial charge on any atom is -0.342 e. The lowest BCUT2D eigenvalue weighted by Gasteiger charge is -2.33. The third-order valence-electron chi connectivity index (χ3n) is 5.84. The number of hydrogen-bond donors (Lipinski definition) is 2. The summed E-state index contributed by atoms with van der Waals surface area (Å²) in [6, 6.07) is -0.0526. The minimum atomic E-state index is -0.0526. The third kappa shape index (κ3) is 4.82. The van der Waals surface area contributed by atoms with Gasteiger partial charge in [0.25, 0.3) is 0 Å². The van der Waals surface area contributed by atoms with Gasteiger partial charge in [-0.3, -0.25) is 9.89 Å². The summed E-state index contributed by atoms with van der Waals surface area (Å²) in [5.74, 6) is 0.735. The van der Waals surface area contributed by atoms with E-state index in [1.807, 2.05) is 25.8 Å². The zero-order valence-corrected chi connectivity index (χ0v) is 16.9. The van der Waals surface area contributed by atoms with E-state index >= 15 is 0 Å². The van der Waals surface area contributed by atoms with Crippen molar-refractivity contribution in [2.45, 2.75) is 58.9 Å². The van der Waals surface area contributed by atoms with E-state index in [-0.39, 0.29) is 17.9 Å². The van der Waals surface area contributed by atoms with Crippen molar-refractivity contribution >= 4 is 11.9 Å². The molecule has 1 aliphatic heterocycles. The van der Waals surface area contributed by atoms with Gasteiger partial charge >= 0.3 is 6.03 Å². The van der Waals surface area contributed by atoms with Gasteiger partial charge in [-0.1, -0.05) is 13.8 Å². The average molecular weight is 376 g/mol. The number of aryl methyl sites for hydroxylation is 1. The number of nitrogens with one attached hydrogen (secondary N) is 2. The number of likely N-dealkylation sites (tertiary alicyclic amines) is 1. The normalized spacial score (nSPS) is 17.7. The fourth-order valence-electron chi connectivity index (χ4n) is 4.07. The molecule has 0 aromatic carbocycles. The van der Waals surface area contributed by atoms with Crippen LogP contribution in [0.4, 0.5) is 4.79 Å². The first kappa shape index (κ1) is 19.7. The summed E-state index contributed by atoms with van der Waals surface area (Å²) in [5, 5.41) is 10.6. The summed E-state index contributed by atoms with van der Waals surface area (Å²) in [6.45, 7) is 6.70. The maximum atomic E-state index is 12.5. The van der Waals surface area contributed by atoms with Crippen molar-refractivity contribution in [3.63, 3.8) is 0 Å². The predicted octanol–water partition coefficient (Wildman–Crippen LogP) is 2.32. The van der Waals surface area contributed by atoms with Gasteiger partial charge in [0.15, 0.2) is 0 Å². The van der Waals surface area contributed by atoms with Crippen LogP contribution < -0.4 is 5.32 Å². The molecule has 1 aromatic rings. The molecule has 2 heterocycles. The van der Waals surface area contributed by atoms with E-state index in [1.165, 1.54) is 24.1 Å². The number of hydrogen-bond acceptors (Lipinski definition) is 3. The Hall–Kier alpha value is -2.05. The number of amides is 3. The molecule has 0 atom stereocenters. The molecule has 3 rings (SSSR count). The first-order chi connectivity index (χ1) is 13.0. The molecule has 7 nitrogen and oxygen atoms in total. The van der Waals surface area contributed by atoms with Crippen molar-refractivity contribution in [3.8, 4) is 0 Å². The molecule has 1 saturated heterocycles. The van der Waals surface area contributed by atoms with E-state index in [4.69, 9.17) is 0 Å². The predicted molar refractivity (Wildman–Crippen MR) is 104 cm³/mol. The fourth-order valence-corrected chi connectivity index (χ4v) is 4.07. The summed E-state index contributed by atoms with van der Waals surface area (Å²) >= 11 is 0. The van der Waals surface area contributed by atoms with Crippen LogP contribution in [0.15, 0.2) is 0 Å². The highest BCUT2D eigenvalue weighted by Gasteiger charge is 2.25. The van der Waals surface area contributed by atoms with Crippen LogP contribution in [0, 0.1) is 11.8 Å². The molecule has 1 aromatic heterocycles. The highest BCUT2D eigenvalue weighted by atomic mass is 16.2. The molecule has 150 valence electrons. The molecule has 1 aliphatic carbocycles. The first-order valence-electron chi connectivity index (χ1n) is 10.3. The zero-order chi connectivity index (χ0) is 19.4. The van der Waals surface area contributed by atoms with Gasteiger partial charge in [-0.2, -0.15) is 5.10 Å². The van der Waals surface area contributed by atoms with Gasteiger partial charge in [-0.15, -0.1) is 0 Å². The maximum absolute atomic E-state index is 12.5. The Bertz CT molecular complexity index is 661. The molecule has 0 bridgehead atoms. The van der Waals surface area contributed by atoms with Crippen molar-refractivity contribution in [2.24, 2.45) is 11.8 Å². The number of fused-ring (bicyclic) bond motifs is 1. The molecule has 27 heavy (non-hydrogen) atoms. The Labute approximate surface area is 161 Å². The fraction of sp³-hybridized carbons (Fsp3) is 0.750. The summed E-state index contributed by atoms with van der Waals surface area (Å²) in [4.78, 5) is 28.2. The number of nitrogens with zero attached hydrogens (tertiary/aromatic N) is 3. The smallest absolute Gasteiger partial charge is 0.317 e. The van der Waals surface area contributed by atoms with Gasteiger partial charge in [-0.05, 0) is 50.0 Å². The summed E-state index contributed by atoms with van der Waals surface area (Å²) in [5.41, 5.74) is 3.55. The highest BCUT2D eigenvalue weighted by molar-refractivity contribution is 5.78. The summed E-state index contributed by atoms with van der Waals surface area (Å²) in [7, 11) is 1.82. The molecule has 3 amide bonds. The number of H-pyrrole nitrogens is 1. The van der Waals surface area contributed by atoms with Crippen LogP contribution in [0.1, 0.15) is 56.5 Å². The molecule has 0 spiro atoms. The molecular formula is C20H33N5O2. The van der Waals surface area contributed by atoms with Crippen molar-refractivity contribution in [2.75, 3.05) is 26.7 Å². The van der Waals surface area contributed by atoms with E-state index in [9.17, 15) is 9.59 Å². The number of rotatable bonds is 5. The topological polar surface area (TPSA) is 81.3 Å². The lowest BCUT2D eigenvalue weighted by atomic mass is 9.95. The Morgan fingerprint density at radius 3 is 2.67 bits per heavy atom. The molecule has 0 saturated carbocycles. The van der Waals surface area contributed by atoms with Crippen molar-refractivity contribution < 1.29 is 9.59 Å². The van der Waals surface area contributed by atoms with E-state index in [0.717, 1.165) is 44.5 Å². The van der Waals surface area contributed by atoms with Crippen LogP contribution in [0.5, 0.6) is 0 Å². The van der Waals surface area contributed by atoms with Crippen LogP contribution in [-0.4, -0.2) is 58.6 Å². The van der Waals surface area contributed by atoms with Crippen LogP contribution in [0.3, 0.4) is 0 Å². The maximum Gasteiger partial charge on any atom is 0.317 e. The third-order valence-corrected chi connectivity index (χ3v) is 5.84. The Balaban J connectivity index is 1.42. The van der Waals surface area contributed by atoms with Crippen LogP contribution in [0.25, 0.3) is 0 Å². The van der Waals surface area contributed by atoms with Crippen LogP contribution in [-0.2, 0) is 24.2 Å². The van der Waals surface area contributed by atoms with E-state index in [2.05, 4.69) is 15.5 Å². The lowest BCUT2D eigenvalue weighted by Crippen LogP contribution is -2.44. The molecule has 2 N–H and O–H groups in total. The van der Waals surface area contributed by atoms with Crippen molar-refractivity contribution in [1.29, 1.82) is 0 Å². The molecule has 2 aliphatic rings. The second kappa shape index (κ2) is 8.76.